The fourth-order valence-electron chi connectivity index (χ4n) is 2.49. The molecule has 0 unspecified atom stereocenters. The van der Waals surface area contributed by atoms with Crippen molar-refractivity contribution in [2.45, 2.75) is 65.5 Å². The molecule has 0 bridgehead atoms. The molecule has 0 spiro atoms. The highest BCUT2D eigenvalue weighted by Gasteiger charge is 2.18. The Labute approximate surface area is 133 Å². The zero-order chi connectivity index (χ0) is 16.5. The number of carbonyl (C=O) groups is 2. The minimum atomic E-state index is -0.185. The van der Waals surface area contributed by atoms with Crippen molar-refractivity contribution in [2.75, 3.05) is 0 Å². The normalized spacial score (nSPS) is 13.3. The molecule has 0 radical (unpaired) electrons. The van der Waals surface area contributed by atoms with E-state index in [9.17, 15) is 9.59 Å². The standard InChI is InChI=1S/C18H28N2O2/c1-5-9-13(3)19-17(21)15-11-7-8-12-16(15)18(22)20-14(4)10-6-2/h7-8,11-14H,5-6,9-10H2,1-4H3,(H,19,21)(H,20,22)/t13-,14-/m0/s1. The molecule has 1 rings (SSSR count). The highest BCUT2D eigenvalue weighted by molar-refractivity contribution is 6.07. The van der Waals surface area contributed by atoms with Gasteiger partial charge in [-0.05, 0) is 38.8 Å². The third-order valence-corrected chi connectivity index (χ3v) is 3.61. The van der Waals surface area contributed by atoms with E-state index in [0.717, 1.165) is 25.7 Å². The lowest BCUT2D eigenvalue weighted by atomic mass is 10.0. The summed E-state index contributed by atoms with van der Waals surface area (Å²) < 4.78 is 0. The Hall–Kier alpha value is -1.84. The van der Waals surface area contributed by atoms with E-state index < -0.39 is 0 Å². The molecule has 0 saturated carbocycles. The van der Waals surface area contributed by atoms with Crippen molar-refractivity contribution < 1.29 is 9.59 Å². The number of nitrogens with one attached hydrogen (secondary N) is 2. The van der Waals surface area contributed by atoms with Crippen molar-refractivity contribution in [1.82, 2.24) is 10.6 Å². The number of carbonyl (C=O) groups excluding carboxylic acids is 2. The Morgan fingerprint density at radius 2 is 1.23 bits per heavy atom. The fourth-order valence-corrected chi connectivity index (χ4v) is 2.49. The van der Waals surface area contributed by atoms with Crippen LogP contribution in [0.5, 0.6) is 0 Å². The van der Waals surface area contributed by atoms with Gasteiger partial charge in [-0.2, -0.15) is 0 Å². The second-order valence-corrected chi connectivity index (χ2v) is 5.87. The van der Waals surface area contributed by atoms with Crippen LogP contribution in [0.2, 0.25) is 0 Å². The summed E-state index contributed by atoms with van der Waals surface area (Å²) in [4.78, 5) is 24.8. The minimum Gasteiger partial charge on any atom is -0.350 e. The maximum atomic E-state index is 12.4. The molecule has 4 heteroatoms. The molecule has 4 nitrogen and oxygen atoms in total. The third-order valence-electron chi connectivity index (χ3n) is 3.61. The van der Waals surface area contributed by atoms with Gasteiger partial charge in [0.25, 0.3) is 11.8 Å². The van der Waals surface area contributed by atoms with Crippen LogP contribution >= 0.6 is 0 Å². The lowest BCUT2D eigenvalue weighted by Gasteiger charge is -2.17. The molecule has 0 aromatic heterocycles. The van der Waals surface area contributed by atoms with E-state index in [0.29, 0.717) is 11.1 Å². The zero-order valence-corrected chi connectivity index (χ0v) is 14.1. The van der Waals surface area contributed by atoms with Gasteiger partial charge in [0.05, 0.1) is 11.1 Å². The van der Waals surface area contributed by atoms with Crippen LogP contribution in [0.1, 0.15) is 74.1 Å². The summed E-state index contributed by atoms with van der Waals surface area (Å²) in [6.07, 6.45) is 3.87. The van der Waals surface area contributed by atoms with Gasteiger partial charge in [-0.1, -0.05) is 38.8 Å². The maximum absolute atomic E-state index is 12.4. The average molecular weight is 304 g/mol. The van der Waals surface area contributed by atoms with Crippen LogP contribution < -0.4 is 10.6 Å². The molecule has 22 heavy (non-hydrogen) atoms. The highest BCUT2D eigenvalue weighted by atomic mass is 16.2. The lowest BCUT2D eigenvalue weighted by molar-refractivity contribution is 0.0903. The maximum Gasteiger partial charge on any atom is 0.252 e. The van der Waals surface area contributed by atoms with E-state index in [1.54, 1.807) is 24.3 Å². The summed E-state index contributed by atoms with van der Waals surface area (Å²) in [7, 11) is 0. The molecule has 0 saturated heterocycles. The zero-order valence-electron chi connectivity index (χ0n) is 14.1. The smallest absolute Gasteiger partial charge is 0.252 e. The van der Waals surface area contributed by atoms with Gasteiger partial charge in [-0.25, -0.2) is 0 Å². The Morgan fingerprint density at radius 1 is 0.864 bits per heavy atom. The first-order chi connectivity index (χ1) is 10.5. The summed E-state index contributed by atoms with van der Waals surface area (Å²) in [5.74, 6) is -0.371. The third kappa shape index (κ3) is 5.51. The Kier molecular flexibility index (Phi) is 7.64. The van der Waals surface area contributed by atoms with E-state index in [1.165, 1.54) is 0 Å². The van der Waals surface area contributed by atoms with Gasteiger partial charge in [-0.3, -0.25) is 9.59 Å². The second-order valence-electron chi connectivity index (χ2n) is 5.87. The van der Waals surface area contributed by atoms with Crippen molar-refractivity contribution >= 4 is 11.8 Å². The molecular formula is C18H28N2O2. The van der Waals surface area contributed by atoms with E-state index in [4.69, 9.17) is 0 Å². The van der Waals surface area contributed by atoms with Crippen LogP contribution in [0.15, 0.2) is 24.3 Å². The fraction of sp³-hybridized carbons (Fsp3) is 0.556. The molecule has 1 aromatic rings. The lowest BCUT2D eigenvalue weighted by Crippen LogP contribution is -2.36. The van der Waals surface area contributed by atoms with E-state index in [1.807, 2.05) is 13.8 Å². The molecule has 2 amide bonds. The van der Waals surface area contributed by atoms with Gasteiger partial charge < -0.3 is 10.6 Å². The van der Waals surface area contributed by atoms with Gasteiger partial charge in [0.1, 0.15) is 0 Å². The minimum absolute atomic E-state index is 0.104. The summed E-state index contributed by atoms with van der Waals surface area (Å²) in [5, 5.41) is 5.90. The molecule has 122 valence electrons. The molecule has 0 fully saturated rings. The molecule has 2 atom stereocenters. The number of rotatable bonds is 8. The van der Waals surface area contributed by atoms with Gasteiger partial charge in [0.2, 0.25) is 0 Å². The summed E-state index contributed by atoms with van der Waals surface area (Å²) in [5.41, 5.74) is 0.873. The van der Waals surface area contributed by atoms with Crippen LogP contribution in [-0.2, 0) is 0 Å². The largest absolute Gasteiger partial charge is 0.350 e. The van der Waals surface area contributed by atoms with Crippen LogP contribution in [0.4, 0.5) is 0 Å². The molecule has 0 aliphatic carbocycles. The first-order valence-corrected chi connectivity index (χ1v) is 8.20. The van der Waals surface area contributed by atoms with E-state index >= 15 is 0 Å². The topological polar surface area (TPSA) is 58.2 Å². The molecule has 0 heterocycles. The van der Waals surface area contributed by atoms with Crippen molar-refractivity contribution in [3.05, 3.63) is 35.4 Å². The molecule has 0 aliphatic heterocycles. The van der Waals surface area contributed by atoms with Crippen molar-refractivity contribution in [3.63, 3.8) is 0 Å². The summed E-state index contributed by atoms with van der Waals surface area (Å²) in [6.45, 7) is 8.12. The predicted octanol–water partition coefficient (Wildman–Crippen LogP) is 3.52. The Balaban J connectivity index is 2.84. The van der Waals surface area contributed by atoms with Crippen LogP contribution in [0.3, 0.4) is 0 Å². The Morgan fingerprint density at radius 3 is 1.55 bits per heavy atom. The van der Waals surface area contributed by atoms with Crippen molar-refractivity contribution in [3.8, 4) is 0 Å². The van der Waals surface area contributed by atoms with E-state index in [2.05, 4.69) is 24.5 Å². The number of hydrogen-bond donors (Lipinski definition) is 2. The first-order valence-electron chi connectivity index (χ1n) is 8.20. The van der Waals surface area contributed by atoms with Gasteiger partial charge in [-0.15, -0.1) is 0 Å². The SMILES string of the molecule is CCC[C@H](C)NC(=O)c1ccccc1C(=O)N[C@@H](C)CCC. The summed E-state index contributed by atoms with van der Waals surface area (Å²) >= 11 is 0. The van der Waals surface area contributed by atoms with Crippen molar-refractivity contribution in [2.24, 2.45) is 0 Å². The second kappa shape index (κ2) is 9.23. The van der Waals surface area contributed by atoms with Crippen LogP contribution in [-0.4, -0.2) is 23.9 Å². The van der Waals surface area contributed by atoms with Crippen LogP contribution in [0, 0.1) is 0 Å². The van der Waals surface area contributed by atoms with Gasteiger partial charge in [0.15, 0.2) is 0 Å². The van der Waals surface area contributed by atoms with Gasteiger partial charge in [0, 0.05) is 12.1 Å². The number of benzene rings is 1. The molecule has 2 N–H and O–H groups in total. The summed E-state index contributed by atoms with van der Waals surface area (Å²) in [6, 6.07) is 7.18. The monoisotopic (exact) mass is 304 g/mol. The van der Waals surface area contributed by atoms with Gasteiger partial charge >= 0.3 is 0 Å². The van der Waals surface area contributed by atoms with Crippen molar-refractivity contribution in [1.29, 1.82) is 0 Å². The molecule has 0 aliphatic rings. The molecular weight excluding hydrogens is 276 g/mol. The number of hydrogen-bond acceptors (Lipinski definition) is 2. The Bertz CT molecular complexity index is 455. The average Bonchev–Trinajstić information content (AvgIpc) is 2.47. The quantitative estimate of drug-likeness (QED) is 0.772. The van der Waals surface area contributed by atoms with Crippen LogP contribution in [0.25, 0.3) is 0 Å². The predicted molar refractivity (Wildman–Crippen MR) is 90.1 cm³/mol. The highest BCUT2D eigenvalue weighted by Crippen LogP contribution is 2.11. The first kappa shape index (κ1) is 18.2. The number of amides is 2. The molecule has 1 aromatic carbocycles. The van der Waals surface area contributed by atoms with E-state index in [-0.39, 0.29) is 23.9 Å².